The molecule has 1 aliphatic carbocycles. The molecule has 2 fully saturated rings. The minimum absolute atomic E-state index is 0.250. The molecule has 16 heavy (non-hydrogen) atoms. The van der Waals surface area contributed by atoms with E-state index in [4.69, 9.17) is 12.2 Å². The SMILES string of the molecule is CC(C)(C)N1CSC(=S)N(C2CCCC2)C1. The van der Waals surface area contributed by atoms with Crippen LogP contribution in [0.15, 0.2) is 0 Å². The highest BCUT2D eigenvalue weighted by molar-refractivity contribution is 8.22. The maximum atomic E-state index is 5.50. The van der Waals surface area contributed by atoms with Crippen LogP contribution in [0.25, 0.3) is 0 Å². The van der Waals surface area contributed by atoms with Gasteiger partial charge in [-0.15, -0.1) is 0 Å². The Morgan fingerprint density at radius 1 is 1.25 bits per heavy atom. The van der Waals surface area contributed by atoms with E-state index < -0.39 is 0 Å². The zero-order valence-corrected chi connectivity index (χ0v) is 12.2. The Morgan fingerprint density at radius 3 is 2.44 bits per heavy atom. The van der Waals surface area contributed by atoms with Crippen LogP contribution in [0, 0.1) is 0 Å². The third kappa shape index (κ3) is 2.71. The second-order valence-electron chi connectivity index (χ2n) is 5.80. The number of thioether (sulfide) groups is 1. The second kappa shape index (κ2) is 4.83. The number of rotatable bonds is 1. The van der Waals surface area contributed by atoms with Gasteiger partial charge in [0.05, 0.1) is 12.5 Å². The monoisotopic (exact) mass is 258 g/mol. The highest BCUT2D eigenvalue weighted by Gasteiger charge is 2.33. The zero-order valence-electron chi connectivity index (χ0n) is 10.5. The van der Waals surface area contributed by atoms with E-state index in [9.17, 15) is 0 Å². The molecule has 2 aliphatic rings. The van der Waals surface area contributed by atoms with Gasteiger partial charge in [-0.25, -0.2) is 0 Å². The second-order valence-corrected chi connectivity index (χ2v) is 7.38. The lowest BCUT2D eigenvalue weighted by atomic mass is 10.1. The Balaban J connectivity index is 2.02. The van der Waals surface area contributed by atoms with Crippen LogP contribution in [-0.4, -0.2) is 38.2 Å². The van der Waals surface area contributed by atoms with Gasteiger partial charge in [-0.2, -0.15) is 0 Å². The van der Waals surface area contributed by atoms with E-state index in [1.165, 1.54) is 25.7 Å². The molecule has 1 heterocycles. The van der Waals surface area contributed by atoms with Gasteiger partial charge < -0.3 is 4.90 Å². The predicted molar refractivity (Wildman–Crippen MR) is 75.6 cm³/mol. The fraction of sp³-hybridized carbons (Fsp3) is 0.917. The minimum Gasteiger partial charge on any atom is -0.341 e. The number of hydrogen-bond donors (Lipinski definition) is 0. The van der Waals surface area contributed by atoms with Crippen molar-refractivity contribution in [2.75, 3.05) is 12.5 Å². The summed E-state index contributed by atoms with van der Waals surface area (Å²) in [7, 11) is 0. The van der Waals surface area contributed by atoms with E-state index in [2.05, 4.69) is 30.6 Å². The molecule has 0 aromatic heterocycles. The van der Waals surface area contributed by atoms with E-state index >= 15 is 0 Å². The van der Waals surface area contributed by atoms with E-state index in [-0.39, 0.29) is 5.54 Å². The van der Waals surface area contributed by atoms with Crippen molar-refractivity contribution in [1.29, 1.82) is 0 Å². The van der Waals surface area contributed by atoms with Gasteiger partial charge in [0.15, 0.2) is 0 Å². The molecule has 0 radical (unpaired) electrons. The van der Waals surface area contributed by atoms with Crippen molar-refractivity contribution in [3.05, 3.63) is 0 Å². The summed E-state index contributed by atoms with van der Waals surface area (Å²) in [6, 6.07) is 0.713. The van der Waals surface area contributed by atoms with Gasteiger partial charge in [0.1, 0.15) is 4.32 Å². The van der Waals surface area contributed by atoms with Gasteiger partial charge in [0, 0.05) is 11.6 Å². The average molecular weight is 258 g/mol. The van der Waals surface area contributed by atoms with Crippen molar-refractivity contribution in [2.45, 2.75) is 58.0 Å². The first-order valence-corrected chi connectivity index (χ1v) is 7.56. The molecule has 0 amide bonds. The first-order chi connectivity index (χ1) is 7.48. The third-order valence-corrected chi connectivity index (χ3v) is 5.13. The Bertz CT molecular complexity index is 267. The summed E-state index contributed by atoms with van der Waals surface area (Å²) in [6.45, 7) is 7.89. The summed E-state index contributed by atoms with van der Waals surface area (Å²) in [5, 5.41) is 0. The van der Waals surface area contributed by atoms with Crippen LogP contribution >= 0.6 is 24.0 Å². The van der Waals surface area contributed by atoms with E-state index in [1.54, 1.807) is 0 Å². The summed E-state index contributed by atoms with van der Waals surface area (Å²) in [4.78, 5) is 4.98. The highest BCUT2D eigenvalue weighted by atomic mass is 32.2. The molecule has 0 bridgehead atoms. The molecule has 4 heteroatoms. The van der Waals surface area contributed by atoms with E-state index in [1.807, 2.05) is 11.8 Å². The Kier molecular flexibility index (Phi) is 3.82. The van der Waals surface area contributed by atoms with Crippen molar-refractivity contribution >= 4 is 28.3 Å². The van der Waals surface area contributed by atoms with Crippen LogP contribution in [-0.2, 0) is 0 Å². The number of thiocarbonyl (C=S) groups is 1. The molecule has 0 aromatic carbocycles. The number of nitrogens with zero attached hydrogens (tertiary/aromatic N) is 2. The van der Waals surface area contributed by atoms with Crippen molar-refractivity contribution in [3.63, 3.8) is 0 Å². The van der Waals surface area contributed by atoms with Gasteiger partial charge in [0.2, 0.25) is 0 Å². The fourth-order valence-electron chi connectivity index (χ4n) is 2.38. The summed E-state index contributed by atoms with van der Waals surface area (Å²) in [5.74, 6) is 1.05. The van der Waals surface area contributed by atoms with Crippen LogP contribution in [0.2, 0.25) is 0 Å². The third-order valence-electron chi connectivity index (χ3n) is 3.62. The van der Waals surface area contributed by atoms with Crippen LogP contribution in [0.1, 0.15) is 46.5 Å². The molecule has 0 spiro atoms. The quantitative estimate of drug-likeness (QED) is 0.666. The molecule has 0 unspecified atom stereocenters. The normalized spacial score (nSPS) is 25.4. The molecule has 2 rings (SSSR count). The average Bonchev–Trinajstić information content (AvgIpc) is 2.69. The lowest BCUT2D eigenvalue weighted by molar-refractivity contribution is 0.0916. The lowest BCUT2D eigenvalue weighted by Crippen LogP contribution is -2.54. The van der Waals surface area contributed by atoms with Gasteiger partial charge in [-0.05, 0) is 33.6 Å². The van der Waals surface area contributed by atoms with Crippen LogP contribution in [0.3, 0.4) is 0 Å². The van der Waals surface area contributed by atoms with Gasteiger partial charge in [-0.1, -0.05) is 36.8 Å². The number of hydrogen-bond acceptors (Lipinski definition) is 3. The topological polar surface area (TPSA) is 6.48 Å². The molecule has 2 nitrogen and oxygen atoms in total. The minimum atomic E-state index is 0.250. The summed E-state index contributed by atoms with van der Waals surface area (Å²) < 4.78 is 1.12. The summed E-state index contributed by atoms with van der Waals surface area (Å²) in [6.07, 6.45) is 5.42. The Morgan fingerprint density at radius 2 is 1.88 bits per heavy atom. The Hall–Kier alpha value is 0.200. The molecule has 0 N–H and O–H groups in total. The fourth-order valence-corrected chi connectivity index (χ4v) is 3.86. The van der Waals surface area contributed by atoms with Crippen LogP contribution < -0.4 is 0 Å². The van der Waals surface area contributed by atoms with Crippen LogP contribution in [0.5, 0.6) is 0 Å². The molecule has 1 saturated carbocycles. The zero-order chi connectivity index (χ0) is 11.8. The van der Waals surface area contributed by atoms with Gasteiger partial charge in [-0.3, -0.25) is 4.90 Å². The molecule has 0 aromatic rings. The molecule has 92 valence electrons. The maximum absolute atomic E-state index is 5.50. The highest BCUT2D eigenvalue weighted by Crippen LogP contribution is 2.31. The van der Waals surface area contributed by atoms with Crippen LogP contribution in [0.4, 0.5) is 0 Å². The standard InChI is InChI=1S/C12H22N2S2/c1-12(2,3)13-8-14(11(15)16-9-13)10-6-4-5-7-10/h10H,4-9H2,1-3H3. The van der Waals surface area contributed by atoms with Crippen molar-refractivity contribution in [1.82, 2.24) is 9.80 Å². The van der Waals surface area contributed by atoms with Crippen molar-refractivity contribution in [2.24, 2.45) is 0 Å². The lowest BCUT2D eigenvalue weighted by Gasteiger charge is -2.45. The summed E-state index contributed by atoms with van der Waals surface area (Å²) in [5.41, 5.74) is 0.250. The van der Waals surface area contributed by atoms with Crippen molar-refractivity contribution in [3.8, 4) is 0 Å². The predicted octanol–water partition coefficient (Wildman–Crippen LogP) is 3.28. The molecule has 1 saturated heterocycles. The smallest absolute Gasteiger partial charge is 0.138 e. The maximum Gasteiger partial charge on any atom is 0.138 e. The largest absolute Gasteiger partial charge is 0.341 e. The van der Waals surface area contributed by atoms with E-state index in [0.29, 0.717) is 6.04 Å². The van der Waals surface area contributed by atoms with Gasteiger partial charge in [0.25, 0.3) is 0 Å². The first kappa shape index (κ1) is 12.7. The summed E-state index contributed by atoms with van der Waals surface area (Å²) >= 11 is 7.33. The Labute approximate surface area is 109 Å². The molecule has 1 aliphatic heterocycles. The molecular formula is C12H22N2S2. The van der Waals surface area contributed by atoms with E-state index in [0.717, 1.165) is 16.9 Å². The van der Waals surface area contributed by atoms with Gasteiger partial charge >= 0.3 is 0 Å². The first-order valence-electron chi connectivity index (χ1n) is 6.17. The van der Waals surface area contributed by atoms with Crippen molar-refractivity contribution < 1.29 is 0 Å². The molecular weight excluding hydrogens is 236 g/mol. The molecule has 0 atom stereocenters.